The van der Waals surface area contributed by atoms with E-state index in [4.69, 9.17) is 0 Å². The normalized spacial score (nSPS) is 48.0. The van der Waals surface area contributed by atoms with Crippen LogP contribution in [0.4, 0.5) is 0 Å². The van der Waals surface area contributed by atoms with Gasteiger partial charge in [0.15, 0.2) is 0 Å². The largest absolute Gasteiger partial charge is 0.0628 e. The standard InChI is InChI=1S/C27H48/c1-19(2)9-8-10-20(3)23-14-15-24-22-13-12-21-11-6-7-17-26(21,4)25(22)16-18-27(23,24)5/h19-25H,6-18H2,1-5H3/t20-,21+,22+,23+,24+,25-,26-,27+/m0/s1. The van der Waals surface area contributed by atoms with E-state index in [1.165, 1.54) is 32.1 Å². The van der Waals surface area contributed by atoms with E-state index in [0.29, 0.717) is 10.8 Å². The third-order valence-corrected chi connectivity index (χ3v) is 10.8. The van der Waals surface area contributed by atoms with Gasteiger partial charge in [-0.1, -0.05) is 66.7 Å². The van der Waals surface area contributed by atoms with Crippen LogP contribution in [-0.2, 0) is 0 Å². The topological polar surface area (TPSA) is 0 Å². The lowest BCUT2D eigenvalue weighted by molar-refractivity contribution is -0.114. The zero-order chi connectivity index (χ0) is 19.2. The molecule has 0 nitrogen and oxygen atoms in total. The minimum absolute atomic E-state index is 0.677. The Morgan fingerprint density at radius 3 is 2.30 bits per heavy atom. The van der Waals surface area contributed by atoms with Gasteiger partial charge in [0, 0.05) is 0 Å². The summed E-state index contributed by atoms with van der Waals surface area (Å²) in [6.07, 6.45) is 19.9. The second kappa shape index (κ2) is 7.68. The molecule has 4 aliphatic rings. The van der Waals surface area contributed by atoms with Crippen LogP contribution < -0.4 is 0 Å². The second-order valence-electron chi connectivity index (χ2n) is 12.4. The SMILES string of the molecule is CC(C)CCC[C@H](C)[C@H]1CC[C@@H]2[C@H]3CC[C@H]4CCCC[C@]4(C)[C@H]3CC[C@@]21C. The minimum Gasteiger partial charge on any atom is -0.0628 e. The van der Waals surface area contributed by atoms with Crippen LogP contribution in [0.2, 0.25) is 0 Å². The molecule has 8 atom stereocenters. The fourth-order valence-electron chi connectivity index (χ4n) is 9.32. The van der Waals surface area contributed by atoms with Gasteiger partial charge < -0.3 is 0 Å². The lowest BCUT2D eigenvalue weighted by atomic mass is 9.44. The molecule has 0 aliphatic heterocycles. The molecule has 0 spiro atoms. The average molecular weight is 373 g/mol. The molecule has 0 bridgehead atoms. The van der Waals surface area contributed by atoms with E-state index >= 15 is 0 Å². The van der Waals surface area contributed by atoms with Gasteiger partial charge in [-0.2, -0.15) is 0 Å². The smallest absolute Gasteiger partial charge is 0.0264 e. The molecule has 27 heavy (non-hydrogen) atoms. The van der Waals surface area contributed by atoms with Crippen LogP contribution >= 0.6 is 0 Å². The Labute approximate surface area is 170 Å². The highest BCUT2D eigenvalue weighted by atomic mass is 14.6. The van der Waals surface area contributed by atoms with E-state index in [-0.39, 0.29) is 0 Å². The molecule has 0 aromatic carbocycles. The first-order valence-corrected chi connectivity index (χ1v) is 12.9. The van der Waals surface area contributed by atoms with E-state index in [0.717, 1.165) is 41.4 Å². The molecule has 4 fully saturated rings. The van der Waals surface area contributed by atoms with Gasteiger partial charge in [0.25, 0.3) is 0 Å². The van der Waals surface area contributed by atoms with Crippen LogP contribution in [0.15, 0.2) is 0 Å². The summed E-state index contributed by atoms with van der Waals surface area (Å²) in [4.78, 5) is 0. The summed E-state index contributed by atoms with van der Waals surface area (Å²) in [5, 5.41) is 0. The summed E-state index contributed by atoms with van der Waals surface area (Å²) < 4.78 is 0. The van der Waals surface area contributed by atoms with Gasteiger partial charge in [0.2, 0.25) is 0 Å². The third-order valence-electron chi connectivity index (χ3n) is 10.8. The molecule has 0 heteroatoms. The molecule has 0 aromatic rings. The number of hydrogen-bond donors (Lipinski definition) is 0. The molecule has 0 amide bonds. The van der Waals surface area contributed by atoms with Gasteiger partial charge in [0.05, 0.1) is 0 Å². The lowest BCUT2D eigenvalue weighted by Gasteiger charge is -2.61. The second-order valence-corrected chi connectivity index (χ2v) is 12.4. The Morgan fingerprint density at radius 1 is 0.741 bits per heavy atom. The van der Waals surface area contributed by atoms with Gasteiger partial charge >= 0.3 is 0 Å². The van der Waals surface area contributed by atoms with Crippen LogP contribution in [0.25, 0.3) is 0 Å². The molecule has 0 unspecified atom stereocenters. The van der Waals surface area contributed by atoms with Crippen LogP contribution in [0.1, 0.15) is 118 Å². The zero-order valence-electron chi connectivity index (χ0n) is 19.2. The van der Waals surface area contributed by atoms with E-state index < -0.39 is 0 Å². The fourth-order valence-corrected chi connectivity index (χ4v) is 9.32. The third kappa shape index (κ3) is 3.44. The fraction of sp³-hybridized carbons (Fsp3) is 1.00. The quantitative estimate of drug-likeness (QED) is 0.453. The van der Waals surface area contributed by atoms with E-state index in [9.17, 15) is 0 Å². The lowest BCUT2D eigenvalue weighted by Crippen LogP contribution is -2.53. The highest BCUT2D eigenvalue weighted by Gasteiger charge is 2.59. The maximum atomic E-state index is 2.75. The van der Waals surface area contributed by atoms with E-state index in [1.807, 2.05) is 0 Å². The highest BCUT2D eigenvalue weighted by molar-refractivity contribution is 5.09. The van der Waals surface area contributed by atoms with Gasteiger partial charge in [0.1, 0.15) is 0 Å². The van der Waals surface area contributed by atoms with Crippen molar-refractivity contribution in [2.75, 3.05) is 0 Å². The number of fused-ring (bicyclic) bond motifs is 5. The van der Waals surface area contributed by atoms with E-state index in [2.05, 4.69) is 34.6 Å². The minimum atomic E-state index is 0.677. The molecule has 0 aromatic heterocycles. The Kier molecular flexibility index (Phi) is 5.77. The molecule has 0 saturated heterocycles. The molecule has 156 valence electrons. The number of hydrogen-bond acceptors (Lipinski definition) is 0. The Balaban J connectivity index is 1.46. The zero-order valence-corrected chi connectivity index (χ0v) is 19.2. The molecule has 4 saturated carbocycles. The van der Waals surface area contributed by atoms with Gasteiger partial charge in [-0.3, -0.25) is 0 Å². The van der Waals surface area contributed by atoms with Crippen molar-refractivity contribution < 1.29 is 0 Å². The van der Waals surface area contributed by atoms with Crippen molar-refractivity contribution in [2.45, 2.75) is 118 Å². The Morgan fingerprint density at radius 2 is 1.52 bits per heavy atom. The summed E-state index contributed by atoms with van der Waals surface area (Å²) in [7, 11) is 0. The van der Waals surface area contributed by atoms with Crippen LogP contribution in [0, 0.1) is 52.3 Å². The van der Waals surface area contributed by atoms with E-state index in [1.54, 1.807) is 51.4 Å². The van der Waals surface area contributed by atoms with Crippen molar-refractivity contribution in [2.24, 2.45) is 52.3 Å². The molecular weight excluding hydrogens is 324 g/mol. The molecule has 0 heterocycles. The van der Waals surface area contributed by atoms with Gasteiger partial charge in [-0.25, -0.2) is 0 Å². The summed E-state index contributed by atoms with van der Waals surface area (Å²) >= 11 is 0. The Hall–Kier alpha value is 0. The van der Waals surface area contributed by atoms with Crippen LogP contribution in [0.5, 0.6) is 0 Å². The van der Waals surface area contributed by atoms with Crippen molar-refractivity contribution in [3.8, 4) is 0 Å². The molecule has 4 rings (SSSR count). The van der Waals surface area contributed by atoms with Crippen molar-refractivity contribution in [3.63, 3.8) is 0 Å². The monoisotopic (exact) mass is 372 g/mol. The van der Waals surface area contributed by atoms with Crippen molar-refractivity contribution in [1.29, 1.82) is 0 Å². The highest BCUT2D eigenvalue weighted by Crippen LogP contribution is 2.68. The first-order chi connectivity index (χ1) is 12.9. The first-order valence-electron chi connectivity index (χ1n) is 12.9. The van der Waals surface area contributed by atoms with Crippen molar-refractivity contribution in [1.82, 2.24) is 0 Å². The summed E-state index contributed by atoms with van der Waals surface area (Å²) in [6.45, 7) is 12.9. The maximum Gasteiger partial charge on any atom is -0.0264 e. The first kappa shape index (κ1) is 20.3. The van der Waals surface area contributed by atoms with Crippen molar-refractivity contribution >= 4 is 0 Å². The average Bonchev–Trinajstić information content (AvgIpc) is 2.98. The summed E-state index contributed by atoms with van der Waals surface area (Å²) in [5.41, 5.74) is 1.39. The molecule has 0 radical (unpaired) electrons. The predicted octanol–water partition coefficient (Wildman–Crippen LogP) is 8.50. The summed E-state index contributed by atoms with van der Waals surface area (Å²) in [6, 6.07) is 0. The molecular formula is C27H48. The van der Waals surface area contributed by atoms with Gasteiger partial charge in [-0.05, 0) is 104 Å². The predicted molar refractivity (Wildman–Crippen MR) is 118 cm³/mol. The Bertz CT molecular complexity index is 506. The molecule has 4 aliphatic carbocycles. The summed E-state index contributed by atoms with van der Waals surface area (Å²) in [5.74, 6) is 7.15. The van der Waals surface area contributed by atoms with Gasteiger partial charge in [-0.15, -0.1) is 0 Å². The maximum absolute atomic E-state index is 2.75. The van der Waals surface area contributed by atoms with Crippen molar-refractivity contribution in [3.05, 3.63) is 0 Å². The van der Waals surface area contributed by atoms with Crippen LogP contribution in [-0.4, -0.2) is 0 Å². The number of rotatable bonds is 5. The molecule has 0 N–H and O–H groups in total. The van der Waals surface area contributed by atoms with Crippen LogP contribution in [0.3, 0.4) is 0 Å².